The van der Waals surface area contributed by atoms with Gasteiger partial charge in [0.05, 0.1) is 17.2 Å². The molecule has 6 nitrogen and oxygen atoms in total. The van der Waals surface area contributed by atoms with Gasteiger partial charge in [-0.15, -0.1) is 0 Å². The Morgan fingerprint density at radius 3 is 2.21 bits per heavy atom. The van der Waals surface area contributed by atoms with Crippen LogP contribution in [0.25, 0.3) is 0 Å². The maximum atomic E-state index is 12.7. The minimum absolute atomic E-state index is 0.260. The Bertz CT molecular complexity index is 918. The predicted molar refractivity (Wildman–Crippen MR) is 105 cm³/mol. The molecule has 0 bridgehead atoms. The van der Waals surface area contributed by atoms with Crippen molar-refractivity contribution in [1.82, 2.24) is 0 Å². The minimum Gasteiger partial charge on any atom is -0.550 e. The van der Waals surface area contributed by atoms with Crippen molar-refractivity contribution in [3.8, 4) is 0 Å². The summed E-state index contributed by atoms with van der Waals surface area (Å²) in [6.45, 7) is 1.96. The highest BCUT2D eigenvalue weighted by Crippen LogP contribution is 2.27. The molecular formula is C22H21N2O4-. The standard InChI is InChI=1S/C22H22N2O4/c1-14-10-12-15(13-11-14)23-21(26)18-8-4-5-9-19(18)24-20(25)16-6-2-3-7-17(16)22(27)28/h2-5,8-13,16-17H,6-7H2,1H3,(H,23,26)(H,24,25)(H,27,28)/p-1. The van der Waals surface area contributed by atoms with Gasteiger partial charge < -0.3 is 20.5 Å². The summed E-state index contributed by atoms with van der Waals surface area (Å²) in [5.74, 6) is -3.65. The summed E-state index contributed by atoms with van der Waals surface area (Å²) in [5, 5.41) is 16.9. The molecule has 0 aromatic heterocycles. The number of carboxylic acid groups (broad SMARTS) is 1. The van der Waals surface area contributed by atoms with Crippen molar-refractivity contribution in [2.75, 3.05) is 10.6 Å². The first-order chi connectivity index (χ1) is 13.5. The number of rotatable bonds is 5. The molecule has 0 spiro atoms. The van der Waals surface area contributed by atoms with Gasteiger partial charge in [0.1, 0.15) is 0 Å². The second-order valence-electron chi connectivity index (χ2n) is 6.83. The molecule has 0 saturated carbocycles. The van der Waals surface area contributed by atoms with Gasteiger partial charge in [0, 0.05) is 17.6 Å². The van der Waals surface area contributed by atoms with E-state index in [1.54, 1.807) is 48.6 Å². The minimum atomic E-state index is -1.24. The average Bonchev–Trinajstić information content (AvgIpc) is 2.70. The van der Waals surface area contributed by atoms with Crippen LogP contribution < -0.4 is 15.7 Å². The lowest BCUT2D eigenvalue weighted by atomic mass is 9.82. The van der Waals surface area contributed by atoms with E-state index in [9.17, 15) is 19.5 Å². The second-order valence-corrected chi connectivity index (χ2v) is 6.83. The van der Waals surface area contributed by atoms with Gasteiger partial charge in [0.2, 0.25) is 5.91 Å². The van der Waals surface area contributed by atoms with Crippen LogP contribution in [-0.2, 0) is 9.59 Å². The maximum absolute atomic E-state index is 12.7. The van der Waals surface area contributed by atoms with E-state index in [0.29, 0.717) is 23.4 Å². The number of hydrogen-bond donors (Lipinski definition) is 2. The Kier molecular flexibility index (Phi) is 5.89. The zero-order valence-electron chi connectivity index (χ0n) is 15.5. The fourth-order valence-electron chi connectivity index (χ4n) is 3.22. The highest BCUT2D eigenvalue weighted by Gasteiger charge is 2.30. The van der Waals surface area contributed by atoms with Gasteiger partial charge in [-0.3, -0.25) is 9.59 Å². The van der Waals surface area contributed by atoms with Crippen LogP contribution in [0, 0.1) is 18.8 Å². The number of carbonyl (C=O) groups excluding carboxylic acids is 3. The first-order valence-corrected chi connectivity index (χ1v) is 9.09. The van der Waals surface area contributed by atoms with Crippen LogP contribution in [0.3, 0.4) is 0 Å². The molecule has 2 amide bonds. The first-order valence-electron chi connectivity index (χ1n) is 9.09. The number of hydrogen-bond acceptors (Lipinski definition) is 4. The van der Waals surface area contributed by atoms with Crippen LogP contribution in [-0.4, -0.2) is 17.8 Å². The summed E-state index contributed by atoms with van der Waals surface area (Å²) in [5.41, 5.74) is 2.36. The molecule has 2 N–H and O–H groups in total. The number of aliphatic carboxylic acids is 1. The molecule has 6 heteroatoms. The van der Waals surface area contributed by atoms with Gasteiger partial charge in [0.15, 0.2) is 0 Å². The summed E-state index contributed by atoms with van der Waals surface area (Å²) < 4.78 is 0. The predicted octanol–water partition coefficient (Wildman–Crippen LogP) is 2.52. The molecule has 0 aliphatic heterocycles. The molecule has 0 radical (unpaired) electrons. The molecule has 2 aromatic rings. The van der Waals surface area contributed by atoms with E-state index >= 15 is 0 Å². The van der Waals surface area contributed by atoms with E-state index in [0.717, 1.165) is 5.56 Å². The fraction of sp³-hybridized carbons (Fsp3) is 0.227. The largest absolute Gasteiger partial charge is 0.550 e. The number of aryl methyl sites for hydroxylation is 1. The fourth-order valence-corrected chi connectivity index (χ4v) is 3.22. The van der Waals surface area contributed by atoms with Crippen molar-refractivity contribution < 1.29 is 19.5 Å². The summed E-state index contributed by atoms with van der Waals surface area (Å²) in [4.78, 5) is 36.7. The smallest absolute Gasteiger partial charge is 0.257 e. The Labute approximate surface area is 163 Å². The summed E-state index contributed by atoms with van der Waals surface area (Å²) in [7, 11) is 0. The van der Waals surface area contributed by atoms with Crippen LogP contribution in [0.4, 0.5) is 11.4 Å². The van der Waals surface area contributed by atoms with Crippen molar-refractivity contribution in [3.63, 3.8) is 0 Å². The van der Waals surface area contributed by atoms with Gasteiger partial charge in [-0.25, -0.2) is 0 Å². The zero-order valence-corrected chi connectivity index (χ0v) is 15.5. The lowest BCUT2D eigenvalue weighted by molar-refractivity contribution is -0.313. The van der Waals surface area contributed by atoms with Gasteiger partial charge in [0.25, 0.3) is 5.91 Å². The van der Waals surface area contributed by atoms with Crippen molar-refractivity contribution in [2.24, 2.45) is 11.8 Å². The van der Waals surface area contributed by atoms with Gasteiger partial charge in [-0.05, 0) is 44.0 Å². The molecular weight excluding hydrogens is 356 g/mol. The average molecular weight is 377 g/mol. The third kappa shape index (κ3) is 4.46. The van der Waals surface area contributed by atoms with E-state index in [-0.39, 0.29) is 12.3 Å². The molecule has 2 unspecified atom stereocenters. The molecule has 2 aromatic carbocycles. The van der Waals surface area contributed by atoms with Gasteiger partial charge in [-0.2, -0.15) is 0 Å². The molecule has 0 heterocycles. The maximum Gasteiger partial charge on any atom is 0.257 e. The first kappa shape index (κ1) is 19.4. The Hall–Kier alpha value is -3.41. The lowest BCUT2D eigenvalue weighted by Gasteiger charge is -2.28. The summed E-state index contributed by atoms with van der Waals surface area (Å²) in [6, 6.07) is 14.0. The highest BCUT2D eigenvalue weighted by atomic mass is 16.4. The normalized spacial score (nSPS) is 18.3. The van der Waals surface area contributed by atoms with Crippen LogP contribution in [0.1, 0.15) is 28.8 Å². The van der Waals surface area contributed by atoms with Crippen molar-refractivity contribution in [1.29, 1.82) is 0 Å². The molecule has 1 aliphatic rings. The summed E-state index contributed by atoms with van der Waals surface area (Å²) in [6.07, 6.45) is 4.12. The Morgan fingerprint density at radius 1 is 0.893 bits per heavy atom. The molecule has 2 atom stereocenters. The van der Waals surface area contributed by atoms with Crippen molar-refractivity contribution in [3.05, 3.63) is 71.8 Å². The molecule has 28 heavy (non-hydrogen) atoms. The molecule has 144 valence electrons. The SMILES string of the molecule is Cc1ccc(NC(=O)c2ccccc2NC(=O)C2CC=CCC2C(=O)[O-])cc1. The number of carboxylic acids is 1. The van der Waals surface area contributed by atoms with E-state index in [1.165, 1.54) is 0 Å². The topological polar surface area (TPSA) is 98.3 Å². The van der Waals surface area contributed by atoms with Crippen LogP contribution >= 0.6 is 0 Å². The number of anilines is 2. The molecule has 0 saturated heterocycles. The lowest BCUT2D eigenvalue weighted by Crippen LogP contribution is -2.41. The van der Waals surface area contributed by atoms with E-state index < -0.39 is 23.7 Å². The summed E-state index contributed by atoms with van der Waals surface area (Å²) >= 11 is 0. The van der Waals surface area contributed by atoms with Gasteiger partial charge >= 0.3 is 0 Å². The van der Waals surface area contributed by atoms with Crippen LogP contribution in [0.5, 0.6) is 0 Å². The highest BCUT2D eigenvalue weighted by molar-refractivity contribution is 6.10. The number of benzene rings is 2. The van der Waals surface area contributed by atoms with Gasteiger partial charge in [-0.1, -0.05) is 42.0 Å². The monoisotopic (exact) mass is 377 g/mol. The van der Waals surface area contributed by atoms with Crippen LogP contribution in [0.2, 0.25) is 0 Å². The third-order valence-electron chi connectivity index (χ3n) is 4.81. The number of allylic oxidation sites excluding steroid dienone is 2. The molecule has 0 fully saturated rings. The van der Waals surface area contributed by atoms with Crippen molar-refractivity contribution in [2.45, 2.75) is 19.8 Å². The van der Waals surface area contributed by atoms with E-state index in [1.807, 2.05) is 19.1 Å². The van der Waals surface area contributed by atoms with E-state index in [2.05, 4.69) is 10.6 Å². The number of amides is 2. The number of carbonyl (C=O) groups is 3. The third-order valence-corrected chi connectivity index (χ3v) is 4.81. The van der Waals surface area contributed by atoms with E-state index in [4.69, 9.17) is 0 Å². The Morgan fingerprint density at radius 2 is 1.54 bits per heavy atom. The number of para-hydroxylation sites is 1. The zero-order chi connectivity index (χ0) is 20.1. The Balaban J connectivity index is 1.77. The molecule has 3 rings (SSSR count). The van der Waals surface area contributed by atoms with Crippen LogP contribution in [0.15, 0.2) is 60.7 Å². The number of nitrogens with one attached hydrogen (secondary N) is 2. The molecule has 1 aliphatic carbocycles. The quantitative estimate of drug-likeness (QED) is 0.782. The van der Waals surface area contributed by atoms with Crippen molar-refractivity contribution >= 4 is 29.2 Å². The second kappa shape index (κ2) is 8.52.